The number of aromatic nitrogens is 1. The summed E-state index contributed by atoms with van der Waals surface area (Å²) in [5.41, 5.74) is 2.30. The second-order valence-corrected chi connectivity index (χ2v) is 16.1. The molecule has 115 valence electrons. The predicted octanol–water partition coefficient (Wildman–Crippen LogP) is -1.38. The molecule has 0 radical (unpaired) electrons. The van der Waals surface area contributed by atoms with Crippen molar-refractivity contribution in [2.75, 3.05) is 0 Å². The fraction of sp³-hybridized carbons (Fsp3) is 0.188. The van der Waals surface area contributed by atoms with Crippen LogP contribution in [-0.2, 0) is 20.6 Å². The summed E-state index contributed by atoms with van der Waals surface area (Å²) in [6, 6.07) is 10.5. The second-order valence-electron chi connectivity index (χ2n) is 5.58. The van der Waals surface area contributed by atoms with Crippen LogP contribution < -0.4 is 24.8 Å². The van der Waals surface area contributed by atoms with Crippen LogP contribution in [0.4, 0.5) is 0 Å². The minimum Gasteiger partial charge on any atom is -1.00 e. The molecule has 1 aromatic heterocycles. The molecule has 1 aliphatic rings. The van der Waals surface area contributed by atoms with E-state index in [1.165, 1.54) is 16.1 Å². The summed E-state index contributed by atoms with van der Waals surface area (Å²) in [5, 5.41) is 2.61. The zero-order valence-corrected chi connectivity index (χ0v) is 17.6. The fourth-order valence-electron chi connectivity index (χ4n) is 2.50. The maximum Gasteiger partial charge on any atom is -1.00 e. The molecule has 6 heteroatoms. The van der Waals surface area contributed by atoms with Crippen molar-refractivity contribution in [3.63, 3.8) is 0 Å². The van der Waals surface area contributed by atoms with Gasteiger partial charge in [0.1, 0.15) is 0 Å². The summed E-state index contributed by atoms with van der Waals surface area (Å²) < 4.78 is -0.179. The molecule has 0 amide bonds. The molecule has 1 unspecified atom stereocenters. The number of fused-ring (bicyclic) bond motifs is 1. The van der Waals surface area contributed by atoms with Crippen molar-refractivity contribution in [3.8, 4) is 0 Å². The quantitative estimate of drug-likeness (QED) is 0.405. The van der Waals surface area contributed by atoms with Crippen LogP contribution in [-0.4, -0.2) is 11.7 Å². The van der Waals surface area contributed by atoms with Crippen LogP contribution in [0.25, 0.3) is 10.9 Å². The van der Waals surface area contributed by atoms with Crippen molar-refractivity contribution in [2.45, 2.75) is 17.4 Å². The van der Waals surface area contributed by atoms with Gasteiger partial charge in [0.15, 0.2) is 0 Å². The van der Waals surface area contributed by atoms with Gasteiger partial charge in [-0.2, -0.15) is 0 Å². The van der Waals surface area contributed by atoms with Crippen molar-refractivity contribution in [3.05, 3.63) is 65.5 Å². The van der Waals surface area contributed by atoms with Crippen LogP contribution in [0.3, 0.4) is 0 Å². The Hall–Kier alpha value is -0.0806. The Labute approximate surface area is 161 Å². The van der Waals surface area contributed by atoms with Gasteiger partial charge in [-0.3, -0.25) is 0 Å². The smallest absolute Gasteiger partial charge is 1.00 e. The number of hydrogen-bond acceptors (Lipinski definition) is 1. The molecule has 0 spiro atoms. The molecule has 0 saturated carbocycles. The summed E-state index contributed by atoms with van der Waals surface area (Å²) in [6.07, 6.45) is 8.71. The Balaban J connectivity index is 0.00000121. The second kappa shape index (κ2) is 7.21. The van der Waals surface area contributed by atoms with Gasteiger partial charge in [0.25, 0.3) is 0 Å². The summed E-state index contributed by atoms with van der Waals surface area (Å²) in [7, 11) is 0. The van der Waals surface area contributed by atoms with Crippen LogP contribution in [0, 0.1) is 0 Å². The van der Waals surface area contributed by atoms with Crippen LogP contribution in [0.1, 0.15) is 5.56 Å². The van der Waals surface area contributed by atoms with Crippen molar-refractivity contribution >= 4 is 32.9 Å². The van der Waals surface area contributed by atoms with E-state index in [-0.39, 0.29) is 29.1 Å². The molecule has 1 heterocycles. The van der Waals surface area contributed by atoms with Gasteiger partial charge in [-0.05, 0) is 0 Å². The molecule has 1 atom stereocenters. The third-order valence-electron chi connectivity index (χ3n) is 3.62. The number of allylic oxidation sites excluding steroid dienone is 4. The Morgan fingerprint density at radius 1 is 1.14 bits per heavy atom. The van der Waals surface area contributed by atoms with Crippen LogP contribution in [0.5, 0.6) is 0 Å². The van der Waals surface area contributed by atoms with E-state index < -0.39 is 6.69 Å². The molecule has 1 nitrogen and oxygen atoms in total. The molecule has 0 N–H and O–H groups in total. The zero-order valence-electron chi connectivity index (χ0n) is 12.2. The minimum atomic E-state index is -1.47. The maximum atomic E-state index is 4.57. The zero-order chi connectivity index (χ0) is 14.4. The van der Waals surface area contributed by atoms with Gasteiger partial charge in [-0.25, -0.2) is 0 Å². The van der Waals surface area contributed by atoms with E-state index in [2.05, 4.69) is 92.2 Å². The van der Waals surface area contributed by atoms with Gasteiger partial charge in [0, 0.05) is 0 Å². The Morgan fingerprint density at radius 2 is 1.82 bits per heavy atom. The van der Waals surface area contributed by atoms with Crippen molar-refractivity contribution in [1.82, 2.24) is 4.98 Å². The summed E-state index contributed by atoms with van der Waals surface area (Å²) in [6.45, 7) is 3.14. The number of pyridine rings is 1. The van der Waals surface area contributed by atoms with Crippen molar-refractivity contribution in [2.24, 2.45) is 0 Å². The largest absolute Gasteiger partial charge is 1.00 e. The Morgan fingerprint density at radius 3 is 2.45 bits per heavy atom. The molecule has 3 rings (SSSR count). The van der Waals surface area contributed by atoms with E-state index in [1.807, 2.05) is 12.3 Å². The van der Waals surface area contributed by atoms with Crippen molar-refractivity contribution < 1.29 is 41.1 Å². The first kappa shape index (κ1) is 20.0. The third kappa shape index (κ3) is 3.70. The molecule has 1 aliphatic carbocycles. The molecule has 1 aromatic carbocycles. The molecule has 2 aromatic rings. The maximum absolute atomic E-state index is 4.57. The summed E-state index contributed by atoms with van der Waals surface area (Å²) in [4.78, 5) is 4.57. The molecule has 0 fully saturated rings. The molecular formula is C16H15BrCl2CrNSi. The number of nitrogens with zero attached hydrogens (tertiary/aromatic N) is 1. The van der Waals surface area contributed by atoms with E-state index in [0.29, 0.717) is 0 Å². The number of hydrogen-bond donors (Lipinski definition) is 0. The van der Waals surface area contributed by atoms with E-state index in [4.69, 9.17) is 0 Å². The molecule has 0 aliphatic heterocycles. The molecular weight excluding hydrogens is 437 g/mol. The fourth-order valence-corrected chi connectivity index (χ4v) is 5.02. The van der Waals surface area contributed by atoms with E-state index in [9.17, 15) is 0 Å². The molecule has 0 saturated heterocycles. The van der Waals surface area contributed by atoms with Crippen molar-refractivity contribution in [1.29, 1.82) is 0 Å². The third-order valence-corrected chi connectivity index (χ3v) is 7.42. The SMILES string of the molecule is C[Si](C)(Br)C1=C[C]([Cr+2])(c2cccc3cccnc23)C=C1.[Cl-].[Cl-]. The first-order valence-electron chi connectivity index (χ1n) is 6.56. The van der Waals surface area contributed by atoms with Crippen LogP contribution in [0.15, 0.2) is 60.0 Å². The van der Waals surface area contributed by atoms with Gasteiger partial charge in [-0.1, -0.05) is 0 Å². The van der Waals surface area contributed by atoms with Crippen LogP contribution in [0.2, 0.25) is 13.1 Å². The Kier molecular flexibility index (Phi) is 6.55. The average Bonchev–Trinajstić information content (AvgIpc) is 2.82. The van der Waals surface area contributed by atoms with E-state index in [1.54, 1.807) is 0 Å². The number of rotatable bonds is 2. The summed E-state index contributed by atoms with van der Waals surface area (Å²) in [5.74, 6) is 0. The minimum absolute atomic E-state index is 0. The van der Waals surface area contributed by atoms with Crippen LogP contribution >= 0.6 is 15.3 Å². The van der Waals surface area contributed by atoms with Gasteiger partial charge < -0.3 is 24.8 Å². The number of para-hydroxylation sites is 1. The van der Waals surface area contributed by atoms with Gasteiger partial charge in [0.05, 0.1) is 0 Å². The van der Waals surface area contributed by atoms with Gasteiger partial charge in [0.2, 0.25) is 0 Å². The van der Waals surface area contributed by atoms with E-state index >= 15 is 0 Å². The predicted molar refractivity (Wildman–Crippen MR) is 87.1 cm³/mol. The topological polar surface area (TPSA) is 12.9 Å². The average molecular weight is 452 g/mol. The first-order valence-corrected chi connectivity index (χ1v) is 12.5. The number of benzene rings is 1. The summed E-state index contributed by atoms with van der Waals surface area (Å²) >= 11 is 7.23. The monoisotopic (exact) mass is 450 g/mol. The molecule has 22 heavy (non-hydrogen) atoms. The molecule has 0 bridgehead atoms. The Bertz CT molecular complexity index is 737. The van der Waals surface area contributed by atoms with E-state index in [0.717, 1.165) is 5.52 Å². The normalized spacial score (nSPS) is 20.2. The van der Waals surface area contributed by atoms with Gasteiger partial charge >= 0.3 is 137 Å². The van der Waals surface area contributed by atoms with Gasteiger partial charge in [-0.15, -0.1) is 0 Å². The standard InChI is InChI=1S/C16H15BrNSi.2ClH.Cr/c1-19(2,17)14-9-8-13(11-14)15-7-3-5-12-6-4-10-18-16(12)15;;;/h3-11H,1-2H3;2*1H;/q;;;+2/p-2. The first-order chi connectivity index (χ1) is 9.40. The number of halogens is 3.